The molecule has 2 atom stereocenters. The molecule has 0 fully saturated rings. The Morgan fingerprint density at radius 1 is 1.52 bits per heavy atom. The molecule has 1 aromatic carbocycles. The molecule has 4 nitrogen and oxygen atoms in total. The Kier molecular flexibility index (Phi) is 4.20. The Labute approximate surface area is 128 Å². The van der Waals surface area contributed by atoms with Gasteiger partial charge in [-0.05, 0) is 24.5 Å². The van der Waals surface area contributed by atoms with Crippen LogP contribution in [-0.2, 0) is 4.79 Å². The third-order valence-electron chi connectivity index (χ3n) is 3.88. The van der Waals surface area contributed by atoms with Gasteiger partial charge in [-0.3, -0.25) is 4.79 Å². The number of thiazole rings is 1. The highest BCUT2D eigenvalue weighted by Gasteiger charge is 2.28. The molecular formula is C16H19N3OS. The molecule has 1 amide bonds. The number of fused-ring (bicyclic) bond motifs is 1. The van der Waals surface area contributed by atoms with Crippen molar-refractivity contribution in [2.45, 2.75) is 31.7 Å². The van der Waals surface area contributed by atoms with Gasteiger partial charge in [0.05, 0.1) is 12.0 Å². The molecule has 0 saturated heterocycles. The van der Waals surface area contributed by atoms with E-state index in [4.69, 9.17) is 0 Å². The topological polar surface area (TPSA) is 54.0 Å². The molecule has 3 rings (SSSR count). The zero-order valence-electron chi connectivity index (χ0n) is 12.0. The van der Waals surface area contributed by atoms with Crippen molar-refractivity contribution in [1.29, 1.82) is 0 Å². The third kappa shape index (κ3) is 2.93. The minimum absolute atomic E-state index is 0.0135. The fourth-order valence-electron chi connectivity index (χ4n) is 2.76. The number of anilines is 1. The van der Waals surface area contributed by atoms with Gasteiger partial charge in [0, 0.05) is 23.8 Å². The van der Waals surface area contributed by atoms with Gasteiger partial charge in [0.25, 0.3) is 0 Å². The maximum absolute atomic E-state index is 12.7. The van der Waals surface area contributed by atoms with Crippen LogP contribution in [0.1, 0.15) is 42.3 Å². The molecule has 1 aliphatic rings. The predicted octanol–water partition coefficient (Wildman–Crippen LogP) is 3.31. The van der Waals surface area contributed by atoms with Gasteiger partial charge in [-0.1, -0.05) is 25.1 Å². The number of amides is 1. The smallest absolute Gasteiger partial charge is 0.228 e. The predicted molar refractivity (Wildman–Crippen MR) is 85.6 cm³/mol. The summed E-state index contributed by atoms with van der Waals surface area (Å²) in [4.78, 5) is 17.0. The Morgan fingerprint density at radius 3 is 3.14 bits per heavy atom. The van der Waals surface area contributed by atoms with E-state index in [0.717, 1.165) is 35.6 Å². The van der Waals surface area contributed by atoms with Crippen LogP contribution in [0, 0.1) is 0 Å². The molecule has 5 heteroatoms. The molecule has 1 aromatic heterocycles. The Hall–Kier alpha value is -1.88. The van der Waals surface area contributed by atoms with Crippen LogP contribution in [0.15, 0.2) is 35.8 Å². The summed E-state index contributed by atoms with van der Waals surface area (Å²) in [6.07, 6.45) is 3.47. The van der Waals surface area contributed by atoms with E-state index in [9.17, 15) is 4.79 Å². The van der Waals surface area contributed by atoms with E-state index in [0.29, 0.717) is 0 Å². The lowest BCUT2D eigenvalue weighted by Crippen LogP contribution is -2.35. The van der Waals surface area contributed by atoms with Crippen molar-refractivity contribution in [3.63, 3.8) is 0 Å². The van der Waals surface area contributed by atoms with Gasteiger partial charge in [-0.15, -0.1) is 11.3 Å². The van der Waals surface area contributed by atoms with E-state index in [-0.39, 0.29) is 17.9 Å². The monoisotopic (exact) mass is 301 g/mol. The minimum atomic E-state index is -0.0727. The molecule has 21 heavy (non-hydrogen) atoms. The number of benzene rings is 1. The zero-order valence-corrected chi connectivity index (χ0v) is 12.8. The first-order chi connectivity index (χ1) is 10.3. The van der Waals surface area contributed by atoms with Gasteiger partial charge in [-0.2, -0.15) is 0 Å². The lowest BCUT2D eigenvalue weighted by molar-refractivity contribution is -0.123. The fourth-order valence-corrected chi connectivity index (χ4v) is 3.53. The Balaban J connectivity index is 1.77. The van der Waals surface area contributed by atoms with Gasteiger partial charge in [0.15, 0.2) is 0 Å². The van der Waals surface area contributed by atoms with E-state index in [1.165, 1.54) is 0 Å². The van der Waals surface area contributed by atoms with Crippen molar-refractivity contribution in [2.75, 3.05) is 11.9 Å². The van der Waals surface area contributed by atoms with E-state index in [1.54, 1.807) is 17.5 Å². The highest BCUT2D eigenvalue weighted by Crippen LogP contribution is 2.32. The first-order valence-electron chi connectivity index (χ1n) is 7.32. The summed E-state index contributed by atoms with van der Waals surface area (Å²) in [7, 11) is 0. The van der Waals surface area contributed by atoms with Crippen LogP contribution in [0.25, 0.3) is 0 Å². The molecule has 110 valence electrons. The van der Waals surface area contributed by atoms with Crippen molar-refractivity contribution in [1.82, 2.24) is 10.3 Å². The van der Waals surface area contributed by atoms with E-state index in [1.807, 2.05) is 29.6 Å². The second-order valence-electron chi connectivity index (χ2n) is 5.20. The molecule has 1 aliphatic heterocycles. The van der Waals surface area contributed by atoms with Crippen LogP contribution in [0.4, 0.5) is 5.69 Å². The van der Waals surface area contributed by atoms with Gasteiger partial charge >= 0.3 is 0 Å². The van der Waals surface area contributed by atoms with Crippen molar-refractivity contribution in [2.24, 2.45) is 0 Å². The average molecular weight is 301 g/mol. The molecule has 0 radical (unpaired) electrons. The highest BCUT2D eigenvalue weighted by atomic mass is 32.1. The number of aromatic nitrogens is 1. The van der Waals surface area contributed by atoms with Crippen LogP contribution in [0.2, 0.25) is 0 Å². The molecule has 2 N–H and O–H groups in total. The largest absolute Gasteiger partial charge is 0.385 e. The standard InChI is InChI=1S/C16H19N3OS/c1-2-13(16-18-9-10-21-16)19-15(20)12-7-8-17-14-6-4-3-5-11(12)14/h3-6,9-10,12-13,17H,2,7-8H2,1H3,(H,19,20). The summed E-state index contributed by atoms with van der Waals surface area (Å²) in [6, 6.07) is 8.07. The maximum atomic E-state index is 12.7. The number of carbonyl (C=O) groups excluding carboxylic acids is 1. The summed E-state index contributed by atoms with van der Waals surface area (Å²) < 4.78 is 0. The molecule has 0 aliphatic carbocycles. The number of carbonyl (C=O) groups is 1. The SMILES string of the molecule is CCC(NC(=O)C1CCNc2ccccc21)c1nccs1. The Bertz CT molecular complexity index is 612. The second-order valence-corrected chi connectivity index (χ2v) is 6.12. The average Bonchev–Trinajstić information content (AvgIpc) is 3.06. The lowest BCUT2D eigenvalue weighted by Gasteiger charge is -2.27. The lowest BCUT2D eigenvalue weighted by atomic mass is 9.90. The number of para-hydroxylation sites is 1. The minimum Gasteiger partial charge on any atom is -0.385 e. The summed E-state index contributed by atoms with van der Waals surface area (Å²) >= 11 is 1.59. The summed E-state index contributed by atoms with van der Waals surface area (Å²) in [5.41, 5.74) is 2.17. The van der Waals surface area contributed by atoms with Crippen molar-refractivity contribution >= 4 is 22.9 Å². The van der Waals surface area contributed by atoms with Crippen LogP contribution < -0.4 is 10.6 Å². The summed E-state index contributed by atoms with van der Waals surface area (Å²) in [5, 5.41) is 9.44. The van der Waals surface area contributed by atoms with Gasteiger partial charge in [0.1, 0.15) is 5.01 Å². The number of hydrogen-bond acceptors (Lipinski definition) is 4. The fraction of sp³-hybridized carbons (Fsp3) is 0.375. The number of nitrogens with one attached hydrogen (secondary N) is 2. The molecule has 0 spiro atoms. The summed E-state index contributed by atoms with van der Waals surface area (Å²) in [6.45, 7) is 2.91. The number of rotatable bonds is 4. The molecule has 2 heterocycles. The maximum Gasteiger partial charge on any atom is 0.228 e. The number of hydrogen-bond donors (Lipinski definition) is 2. The zero-order chi connectivity index (χ0) is 14.7. The van der Waals surface area contributed by atoms with Crippen LogP contribution in [-0.4, -0.2) is 17.4 Å². The van der Waals surface area contributed by atoms with E-state index >= 15 is 0 Å². The molecule has 2 unspecified atom stereocenters. The van der Waals surface area contributed by atoms with Gasteiger partial charge < -0.3 is 10.6 Å². The molecule has 0 saturated carbocycles. The van der Waals surface area contributed by atoms with Crippen LogP contribution in [0.5, 0.6) is 0 Å². The van der Waals surface area contributed by atoms with Crippen molar-refractivity contribution < 1.29 is 4.79 Å². The normalized spacial score (nSPS) is 18.4. The quantitative estimate of drug-likeness (QED) is 0.911. The molecular weight excluding hydrogens is 282 g/mol. The van der Waals surface area contributed by atoms with Crippen LogP contribution in [0.3, 0.4) is 0 Å². The van der Waals surface area contributed by atoms with Crippen molar-refractivity contribution in [3.05, 3.63) is 46.4 Å². The molecule has 2 aromatic rings. The van der Waals surface area contributed by atoms with Crippen LogP contribution >= 0.6 is 11.3 Å². The summed E-state index contributed by atoms with van der Waals surface area (Å²) in [5.74, 6) is 0.0301. The van der Waals surface area contributed by atoms with E-state index < -0.39 is 0 Å². The first kappa shape index (κ1) is 14.1. The second kappa shape index (κ2) is 6.26. The van der Waals surface area contributed by atoms with Crippen molar-refractivity contribution in [3.8, 4) is 0 Å². The highest BCUT2D eigenvalue weighted by molar-refractivity contribution is 7.09. The van der Waals surface area contributed by atoms with Gasteiger partial charge in [-0.25, -0.2) is 4.98 Å². The van der Waals surface area contributed by atoms with Gasteiger partial charge in [0.2, 0.25) is 5.91 Å². The van der Waals surface area contributed by atoms with E-state index in [2.05, 4.69) is 22.5 Å². The first-order valence-corrected chi connectivity index (χ1v) is 8.20. The molecule has 0 bridgehead atoms. The number of nitrogens with zero attached hydrogens (tertiary/aromatic N) is 1. The Morgan fingerprint density at radius 2 is 2.38 bits per heavy atom. The third-order valence-corrected chi connectivity index (χ3v) is 4.76.